The summed E-state index contributed by atoms with van der Waals surface area (Å²) < 4.78 is 6.31. The predicted molar refractivity (Wildman–Crippen MR) is 168 cm³/mol. The van der Waals surface area contributed by atoms with Gasteiger partial charge in [0.1, 0.15) is 0 Å². The van der Waals surface area contributed by atoms with Crippen LogP contribution in [0.4, 0.5) is 0 Å². The molecule has 38 heavy (non-hydrogen) atoms. The first kappa shape index (κ1) is 35.6. The summed E-state index contributed by atoms with van der Waals surface area (Å²) in [6.07, 6.45) is 28.3. The van der Waals surface area contributed by atoms with E-state index in [2.05, 4.69) is 51.1 Å². The normalized spacial score (nSPS) is 12.9. The van der Waals surface area contributed by atoms with E-state index in [1.165, 1.54) is 121 Å². The van der Waals surface area contributed by atoms with Crippen molar-refractivity contribution in [3.8, 4) is 0 Å². The highest BCUT2D eigenvalue weighted by Crippen LogP contribution is 2.49. The van der Waals surface area contributed by atoms with Gasteiger partial charge in [-0.3, -0.25) is 0 Å². The number of hydrogen-bond donors (Lipinski definition) is 2. The zero-order valence-electron chi connectivity index (χ0n) is 25.5. The second-order valence-corrected chi connectivity index (χ2v) is 12.4. The molecule has 1 unspecified atom stereocenters. The molecule has 0 bridgehead atoms. The standard InChI is InChI=1S/C34H63O3P/c1-4-7-10-13-15-17-19-25-30-34(37-38(35)36,31-26-20-18-16-14-11-8-5-2)33(29-24-12-9-6-3)32-27-22-21-23-28-32/h21-23,27-28,33,35-36H,4-20,24-26,29-31H2,1-3H3. The minimum atomic E-state index is -2.40. The van der Waals surface area contributed by atoms with E-state index in [9.17, 15) is 9.79 Å². The number of hydrogen-bond acceptors (Lipinski definition) is 3. The second-order valence-electron chi connectivity index (χ2n) is 11.7. The quantitative estimate of drug-likeness (QED) is 0.0846. The Hall–Kier alpha value is -0.470. The molecule has 2 N–H and O–H groups in total. The summed E-state index contributed by atoms with van der Waals surface area (Å²) in [6.45, 7) is 6.81. The molecule has 222 valence electrons. The molecule has 0 aliphatic carbocycles. The van der Waals surface area contributed by atoms with Crippen molar-refractivity contribution >= 4 is 8.60 Å². The molecule has 0 radical (unpaired) electrons. The molecule has 0 aliphatic rings. The second kappa shape index (κ2) is 24.3. The first-order valence-electron chi connectivity index (χ1n) is 16.5. The van der Waals surface area contributed by atoms with Crippen LogP contribution in [0.5, 0.6) is 0 Å². The third-order valence-corrected chi connectivity index (χ3v) is 8.88. The van der Waals surface area contributed by atoms with Crippen molar-refractivity contribution in [2.24, 2.45) is 0 Å². The molecule has 0 saturated carbocycles. The fourth-order valence-electron chi connectivity index (χ4n) is 6.10. The van der Waals surface area contributed by atoms with E-state index >= 15 is 0 Å². The van der Waals surface area contributed by atoms with Crippen molar-refractivity contribution in [1.29, 1.82) is 0 Å². The van der Waals surface area contributed by atoms with Gasteiger partial charge in [-0.25, -0.2) is 0 Å². The van der Waals surface area contributed by atoms with Crippen molar-refractivity contribution in [3.63, 3.8) is 0 Å². The van der Waals surface area contributed by atoms with E-state index in [4.69, 9.17) is 4.52 Å². The summed E-state index contributed by atoms with van der Waals surface area (Å²) in [7, 11) is -2.40. The fourth-order valence-corrected chi connectivity index (χ4v) is 6.74. The molecule has 0 amide bonds. The van der Waals surface area contributed by atoms with Gasteiger partial charge in [-0.2, -0.15) is 0 Å². The first-order valence-corrected chi connectivity index (χ1v) is 17.7. The summed E-state index contributed by atoms with van der Waals surface area (Å²) in [6, 6.07) is 10.8. The Morgan fingerprint density at radius 2 is 0.974 bits per heavy atom. The molecule has 1 rings (SSSR count). The van der Waals surface area contributed by atoms with Crippen LogP contribution in [0.1, 0.15) is 180 Å². The van der Waals surface area contributed by atoms with Gasteiger partial charge in [-0.15, -0.1) is 0 Å². The third kappa shape index (κ3) is 16.6. The molecule has 0 saturated heterocycles. The van der Waals surface area contributed by atoms with Crippen molar-refractivity contribution in [2.75, 3.05) is 0 Å². The first-order chi connectivity index (χ1) is 18.6. The lowest BCUT2D eigenvalue weighted by atomic mass is 9.73. The van der Waals surface area contributed by atoms with E-state index in [1.54, 1.807) is 0 Å². The van der Waals surface area contributed by atoms with Gasteiger partial charge >= 0.3 is 8.60 Å². The summed E-state index contributed by atoms with van der Waals surface area (Å²) >= 11 is 0. The monoisotopic (exact) mass is 550 g/mol. The van der Waals surface area contributed by atoms with Crippen LogP contribution in [0.25, 0.3) is 0 Å². The minimum Gasteiger partial charge on any atom is -0.328 e. The summed E-state index contributed by atoms with van der Waals surface area (Å²) in [5.41, 5.74) is 0.813. The molecule has 1 aromatic rings. The van der Waals surface area contributed by atoms with Crippen molar-refractivity contribution in [2.45, 2.75) is 180 Å². The average molecular weight is 551 g/mol. The average Bonchev–Trinajstić information content (AvgIpc) is 2.91. The number of rotatable bonds is 27. The maximum absolute atomic E-state index is 10.2. The van der Waals surface area contributed by atoms with Gasteiger partial charge in [0.15, 0.2) is 0 Å². The van der Waals surface area contributed by atoms with Crippen LogP contribution in [0, 0.1) is 0 Å². The van der Waals surface area contributed by atoms with Gasteiger partial charge < -0.3 is 14.3 Å². The highest BCUT2D eigenvalue weighted by Gasteiger charge is 2.41. The molecule has 0 fully saturated rings. The van der Waals surface area contributed by atoms with E-state index < -0.39 is 14.2 Å². The smallest absolute Gasteiger partial charge is 0.327 e. The van der Waals surface area contributed by atoms with E-state index in [0.717, 1.165) is 32.1 Å². The largest absolute Gasteiger partial charge is 0.328 e. The Morgan fingerprint density at radius 1 is 0.579 bits per heavy atom. The highest BCUT2D eigenvalue weighted by molar-refractivity contribution is 7.39. The van der Waals surface area contributed by atoms with Gasteiger partial charge in [-0.05, 0) is 24.8 Å². The van der Waals surface area contributed by atoms with E-state index in [0.29, 0.717) is 0 Å². The van der Waals surface area contributed by atoms with Crippen LogP contribution in [0.2, 0.25) is 0 Å². The predicted octanol–water partition coefficient (Wildman–Crippen LogP) is 11.8. The molecule has 4 heteroatoms. The molecule has 0 spiro atoms. The molecule has 3 nitrogen and oxygen atoms in total. The van der Waals surface area contributed by atoms with E-state index in [1.807, 2.05) is 0 Å². The van der Waals surface area contributed by atoms with Gasteiger partial charge in [-0.1, -0.05) is 180 Å². The molecule has 0 heterocycles. The Kier molecular flexibility index (Phi) is 22.8. The molecular formula is C34H63O3P. The van der Waals surface area contributed by atoms with Gasteiger partial charge in [0, 0.05) is 5.92 Å². The fraction of sp³-hybridized carbons (Fsp3) is 0.824. The third-order valence-electron chi connectivity index (χ3n) is 8.35. The van der Waals surface area contributed by atoms with Gasteiger partial charge in [0.2, 0.25) is 0 Å². The topological polar surface area (TPSA) is 49.7 Å². The van der Waals surface area contributed by atoms with Crippen LogP contribution in [-0.4, -0.2) is 15.4 Å². The summed E-state index contributed by atoms with van der Waals surface area (Å²) in [5.74, 6) is 0.207. The lowest BCUT2D eigenvalue weighted by Gasteiger charge is -2.42. The van der Waals surface area contributed by atoms with Gasteiger partial charge in [0.25, 0.3) is 0 Å². The molecule has 1 aromatic carbocycles. The maximum atomic E-state index is 10.2. The number of unbranched alkanes of at least 4 members (excludes halogenated alkanes) is 17. The SMILES string of the molecule is CCCCCCCCCCC(CCCCCCCCCC)(OP(O)O)C(CCCCCC)c1ccccc1. The van der Waals surface area contributed by atoms with Crippen LogP contribution >= 0.6 is 8.60 Å². The van der Waals surface area contributed by atoms with Crippen LogP contribution in [-0.2, 0) is 4.52 Å². The van der Waals surface area contributed by atoms with Crippen LogP contribution < -0.4 is 0 Å². The lowest BCUT2D eigenvalue weighted by Crippen LogP contribution is -2.38. The van der Waals surface area contributed by atoms with Crippen molar-refractivity contribution in [3.05, 3.63) is 35.9 Å². The summed E-state index contributed by atoms with van der Waals surface area (Å²) in [4.78, 5) is 20.5. The Balaban J connectivity index is 2.95. The summed E-state index contributed by atoms with van der Waals surface area (Å²) in [5, 5.41) is 0. The number of benzene rings is 1. The van der Waals surface area contributed by atoms with Crippen LogP contribution in [0.3, 0.4) is 0 Å². The van der Waals surface area contributed by atoms with Crippen molar-refractivity contribution in [1.82, 2.24) is 0 Å². The molecule has 0 aromatic heterocycles. The van der Waals surface area contributed by atoms with Crippen molar-refractivity contribution < 1.29 is 14.3 Å². The van der Waals surface area contributed by atoms with Gasteiger partial charge in [0.05, 0.1) is 5.60 Å². The zero-order valence-corrected chi connectivity index (χ0v) is 26.4. The lowest BCUT2D eigenvalue weighted by molar-refractivity contribution is 0.00292. The molecule has 0 aliphatic heterocycles. The Morgan fingerprint density at radius 3 is 1.39 bits per heavy atom. The van der Waals surface area contributed by atoms with Crippen LogP contribution in [0.15, 0.2) is 30.3 Å². The highest BCUT2D eigenvalue weighted by atomic mass is 31.2. The molecular weight excluding hydrogens is 487 g/mol. The molecule has 1 atom stereocenters. The Labute approximate surface area is 238 Å². The Bertz CT molecular complexity index is 601. The zero-order chi connectivity index (χ0) is 27.7. The maximum Gasteiger partial charge on any atom is 0.327 e. The van der Waals surface area contributed by atoms with E-state index in [-0.39, 0.29) is 5.92 Å². The minimum absolute atomic E-state index is 0.207.